The highest BCUT2D eigenvalue weighted by molar-refractivity contribution is 8.00. The molecule has 0 saturated carbocycles. The number of aryl methyl sites for hydroxylation is 3. The van der Waals surface area contributed by atoms with E-state index in [1.165, 1.54) is 26.5 Å². The van der Waals surface area contributed by atoms with E-state index in [0.29, 0.717) is 5.75 Å². The number of rotatable bonds is 5. The molecular weight excluding hydrogens is 298 g/mol. The highest BCUT2D eigenvalue weighted by atomic mass is 32.2. The van der Waals surface area contributed by atoms with Crippen LogP contribution in [0.1, 0.15) is 34.5 Å². The molecule has 2 rings (SSSR count). The van der Waals surface area contributed by atoms with Crippen molar-refractivity contribution in [3.63, 3.8) is 0 Å². The summed E-state index contributed by atoms with van der Waals surface area (Å²) in [7, 11) is 0. The molecule has 1 aromatic heterocycles. The molecule has 0 bridgehead atoms. The van der Waals surface area contributed by atoms with Gasteiger partial charge < -0.3 is 5.32 Å². The van der Waals surface area contributed by atoms with Crippen molar-refractivity contribution in [1.82, 2.24) is 5.32 Å². The number of carbonyl (C=O) groups is 1. The van der Waals surface area contributed by atoms with Crippen LogP contribution < -0.4 is 5.32 Å². The number of nitrogens with one attached hydrogen (secondary N) is 1. The van der Waals surface area contributed by atoms with E-state index < -0.39 is 0 Å². The highest BCUT2D eigenvalue weighted by Gasteiger charge is 2.12. The first kappa shape index (κ1) is 16.1. The summed E-state index contributed by atoms with van der Waals surface area (Å²) in [6.45, 7) is 8.34. The van der Waals surface area contributed by atoms with Crippen molar-refractivity contribution in [3.8, 4) is 0 Å². The Morgan fingerprint density at radius 3 is 2.52 bits per heavy atom. The smallest absolute Gasteiger partial charge is 0.230 e. The van der Waals surface area contributed by atoms with Crippen LogP contribution in [-0.2, 0) is 4.79 Å². The van der Waals surface area contributed by atoms with E-state index >= 15 is 0 Å². The summed E-state index contributed by atoms with van der Waals surface area (Å²) < 4.78 is 0. The third kappa shape index (κ3) is 4.35. The SMILES string of the molecule is Cc1cc(C)c(SCC(=O)NC(C)c2cccs2)c(C)c1. The van der Waals surface area contributed by atoms with Gasteiger partial charge in [0.1, 0.15) is 0 Å². The van der Waals surface area contributed by atoms with E-state index in [4.69, 9.17) is 0 Å². The lowest BCUT2D eigenvalue weighted by Crippen LogP contribution is -2.27. The lowest BCUT2D eigenvalue weighted by Gasteiger charge is -2.14. The minimum absolute atomic E-state index is 0.0818. The van der Waals surface area contributed by atoms with Crippen LogP contribution >= 0.6 is 23.1 Å². The fourth-order valence-electron chi connectivity index (χ4n) is 2.42. The summed E-state index contributed by atoms with van der Waals surface area (Å²) in [6, 6.07) is 8.48. The predicted molar refractivity (Wildman–Crippen MR) is 92.3 cm³/mol. The first-order chi connectivity index (χ1) is 9.97. The molecule has 0 aliphatic heterocycles. The molecule has 1 heterocycles. The Morgan fingerprint density at radius 1 is 1.29 bits per heavy atom. The quantitative estimate of drug-likeness (QED) is 0.813. The van der Waals surface area contributed by atoms with Crippen molar-refractivity contribution < 1.29 is 4.79 Å². The van der Waals surface area contributed by atoms with Gasteiger partial charge in [-0.2, -0.15) is 0 Å². The van der Waals surface area contributed by atoms with Crippen molar-refractivity contribution in [2.24, 2.45) is 0 Å². The Balaban J connectivity index is 1.93. The second-order valence-corrected chi connectivity index (χ2v) is 7.29. The van der Waals surface area contributed by atoms with Gasteiger partial charge in [0, 0.05) is 9.77 Å². The number of amides is 1. The molecule has 2 aromatic rings. The van der Waals surface area contributed by atoms with Gasteiger partial charge in [0.15, 0.2) is 0 Å². The summed E-state index contributed by atoms with van der Waals surface area (Å²) in [5.41, 5.74) is 3.76. The number of hydrogen-bond acceptors (Lipinski definition) is 3. The van der Waals surface area contributed by atoms with Gasteiger partial charge >= 0.3 is 0 Å². The molecule has 0 radical (unpaired) electrons. The van der Waals surface area contributed by atoms with Crippen molar-refractivity contribution in [2.75, 3.05) is 5.75 Å². The molecule has 1 atom stereocenters. The van der Waals surface area contributed by atoms with Crippen LogP contribution in [-0.4, -0.2) is 11.7 Å². The van der Waals surface area contributed by atoms with Crippen LogP contribution in [0.4, 0.5) is 0 Å². The van der Waals surface area contributed by atoms with Crippen LogP contribution in [0.2, 0.25) is 0 Å². The molecule has 0 spiro atoms. The number of benzene rings is 1. The van der Waals surface area contributed by atoms with Gasteiger partial charge in [-0.05, 0) is 50.3 Å². The standard InChI is InChI=1S/C17H21NOS2/c1-11-8-12(2)17(13(3)9-11)21-10-16(19)18-14(4)15-6-5-7-20-15/h5-9,14H,10H2,1-4H3,(H,18,19). The fourth-order valence-corrected chi connectivity index (χ4v) is 4.09. The van der Waals surface area contributed by atoms with E-state index in [1.54, 1.807) is 23.1 Å². The molecular formula is C17H21NOS2. The topological polar surface area (TPSA) is 29.1 Å². The molecule has 112 valence electrons. The average Bonchev–Trinajstić information content (AvgIpc) is 2.91. The maximum atomic E-state index is 12.1. The van der Waals surface area contributed by atoms with Crippen LogP contribution in [0.25, 0.3) is 0 Å². The lowest BCUT2D eigenvalue weighted by molar-refractivity contribution is -0.119. The third-order valence-electron chi connectivity index (χ3n) is 3.30. The van der Waals surface area contributed by atoms with E-state index in [0.717, 1.165) is 0 Å². The first-order valence-electron chi connectivity index (χ1n) is 7.01. The number of thioether (sulfide) groups is 1. The Morgan fingerprint density at radius 2 is 1.95 bits per heavy atom. The maximum Gasteiger partial charge on any atom is 0.230 e. The third-order valence-corrected chi connectivity index (χ3v) is 5.69. The summed E-state index contributed by atoms with van der Waals surface area (Å²) in [4.78, 5) is 14.5. The number of carbonyl (C=O) groups excluding carboxylic acids is 1. The van der Waals surface area contributed by atoms with Crippen LogP contribution in [0.15, 0.2) is 34.5 Å². The normalized spacial score (nSPS) is 12.2. The maximum absolute atomic E-state index is 12.1. The van der Waals surface area contributed by atoms with Gasteiger partial charge in [0.05, 0.1) is 11.8 Å². The Bertz CT molecular complexity index is 597. The summed E-state index contributed by atoms with van der Waals surface area (Å²) >= 11 is 3.29. The minimum atomic E-state index is 0.0818. The van der Waals surface area contributed by atoms with Gasteiger partial charge in [0.25, 0.3) is 0 Å². The van der Waals surface area contributed by atoms with Gasteiger partial charge in [-0.3, -0.25) is 4.79 Å². The molecule has 1 aromatic carbocycles. The summed E-state index contributed by atoms with van der Waals surface area (Å²) in [5, 5.41) is 5.09. The molecule has 0 aliphatic carbocycles. The Hall–Kier alpha value is -1.26. The zero-order valence-electron chi connectivity index (χ0n) is 12.9. The van der Waals surface area contributed by atoms with Gasteiger partial charge in [-0.15, -0.1) is 23.1 Å². The summed E-state index contributed by atoms with van der Waals surface area (Å²) in [6.07, 6.45) is 0. The predicted octanol–water partition coefficient (Wildman–Crippen LogP) is 4.64. The van der Waals surface area contributed by atoms with Crippen LogP contribution in [0.5, 0.6) is 0 Å². The van der Waals surface area contributed by atoms with Crippen molar-refractivity contribution in [3.05, 3.63) is 51.2 Å². The summed E-state index contributed by atoms with van der Waals surface area (Å²) in [5.74, 6) is 0.542. The molecule has 0 fully saturated rings. The average molecular weight is 319 g/mol. The molecule has 1 unspecified atom stereocenters. The van der Waals surface area contributed by atoms with Crippen molar-refractivity contribution in [1.29, 1.82) is 0 Å². The van der Waals surface area contributed by atoms with E-state index in [1.807, 2.05) is 18.4 Å². The van der Waals surface area contributed by atoms with Crippen LogP contribution in [0.3, 0.4) is 0 Å². The van der Waals surface area contributed by atoms with Crippen molar-refractivity contribution in [2.45, 2.75) is 38.6 Å². The molecule has 4 heteroatoms. The monoisotopic (exact) mass is 319 g/mol. The second-order valence-electron chi connectivity index (χ2n) is 5.32. The Kier molecular flexibility index (Phi) is 5.48. The van der Waals surface area contributed by atoms with Gasteiger partial charge in [0.2, 0.25) is 5.91 Å². The molecule has 1 N–H and O–H groups in total. The Labute approximate surface area is 135 Å². The van der Waals surface area contributed by atoms with E-state index in [9.17, 15) is 4.79 Å². The lowest BCUT2D eigenvalue weighted by atomic mass is 10.1. The number of thiophene rings is 1. The van der Waals surface area contributed by atoms with Crippen molar-refractivity contribution >= 4 is 29.0 Å². The number of hydrogen-bond donors (Lipinski definition) is 1. The van der Waals surface area contributed by atoms with E-state index in [-0.39, 0.29) is 11.9 Å². The zero-order valence-corrected chi connectivity index (χ0v) is 14.5. The molecule has 0 aliphatic rings. The zero-order chi connectivity index (χ0) is 15.4. The molecule has 0 saturated heterocycles. The van der Waals surface area contributed by atoms with Gasteiger partial charge in [-0.1, -0.05) is 23.8 Å². The molecule has 1 amide bonds. The van der Waals surface area contributed by atoms with E-state index in [2.05, 4.69) is 44.3 Å². The minimum Gasteiger partial charge on any atom is -0.348 e. The first-order valence-corrected chi connectivity index (χ1v) is 8.87. The fraction of sp³-hybridized carbons (Fsp3) is 0.353. The van der Waals surface area contributed by atoms with Gasteiger partial charge in [-0.25, -0.2) is 0 Å². The van der Waals surface area contributed by atoms with Crippen LogP contribution in [0, 0.1) is 20.8 Å². The highest BCUT2D eigenvalue weighted by Crippen LogP contribution is 2.27. The molecule has 21 heavy (non-hydrogen) atoms. The largest absolute Gasteiger partial charge is 0.348 e. The second kappa shape index (κ2) is 7.14. The molecule has 2 nitrogen and oxygen atoms in total.